The molecule has 4 N–H and O–H groups in total. The first kappa shape index (κ1) is 22.5. The van der Waals surface area contributed by atoms with Crippen molar-refractivity contribution in [3.05, 3.63) is 33.4 Å². The number of fused-ring (bicyclic) bond motifs is 1. The van der Waals surface area contributed by atoms with Gasteiger partial charge in [0.05, 0.1) is 0 Å². The second kappa shape index (κ2) is 8.52. The van der Waals surface area contributed by atoms with E-state index >= 15 is 0 Å². The van der Waals surface area contributed by atoms with Gasteiger partial charge in [0.1, 0.15) is 23.5 Å². The van der Waals surface area contributed by atoms with Crippen LogP contribution in [0.25, 0.3) is 0 Å². The van der Waals surface area contributed by atoms with Crippen LogP contribution in [-0.4, -0.2) is 67.3 Å². The Labute approximate surface area is 178 Å². The van der Waals surface area contributed by atoms with Crippen LogP contribution < -0.4 is 5.32 Å². The third-order valence-corrected chi connectivity index (χ3v) is 7.55. The van der Waals surface area contributed by atoms with Crippen molar-refractivity contribution in [3.63, 3.8) is 0 Å². The lowest BCUT2D eigenvalue weighted by atomic mass is 9.99. The third-order valence-electron chi connectivity index (χ3n) is 4.42. The molecule has 1 saturated heterocycles. The Morgan fingerprint density at radius 3 is 2.63 bits per heavy atom. The fraction of sp³-hybridized carbons (Fsp3) is 0.375. The molecule has 162 valence electrons. The molecular weight excluding hydrogens is 459 g/mol. The average molecular weight is 476 g/mol. The van der Waals surface area contributed by atoms with Crippen LogP contribution in [0.15, 0.2) is 27.8 Å². The van der Waals surface area contributed by atoms with Gasteiger partial charge in [-0.2, -0.15) is 11.3 Å². The second-order valence-electron chi connectivity index (χ2n) is 6.48. The number of amides is 2. The fourth-order valence-electron chi connectivity index (χ4n) is 3.14. The van der Waals surface area contributed by atoms with Crippen LogP contribution in [0, 0.1) is 0 Å². The Balaban J connectivity index is 1.81. The summed E-state index contributed by atoms with van der Waals surface area (Å²) in [6, 6.07) is 0.350. The van der Waals surface area contributed by atoms with Gasteiger partial charge in [0, 0.05) is 18.2 Å². The number of rotatable bonds is 7. The quantitative estimate of drug-likeness (QED) is 0.185. The van der Waals surface area contributed by atoms with Crippen LogP contribution in [0.2, 0.25) is 0 Å². The van der Waals surface area contributed by atoms with E-state index in [1.807, 2.05) is 0 Å². The molecule has 0 spiro atoms. The number of hydrogen-bond donors (Lipinski definition) is 4. The van der Waals surface area contributed by atoms with Crippen molar-refractivity contribution < 1.29 is 43.4 Å². The first-order valence-electron chi connectivity index (χ1n) is 8.43. The number of nitrogens with zero attached hydrogens (tertiary/aromatic N) is 1. The molecule has 2 amide bonds. The van der Waals surface area contributed by atoms with Gasteiger partial charge >= 0.3 is 19.5 Å². The minimum atomic E-state index is -4.90. The zero-order valence-corrected chi connectivity index (χ0v) is 17.9. The average Bonchev–Trinajstić information content (AvgIpc) is 3.16. The van der Waals surface area contributed by atoms with Crippen LogP contribution in [0.3, 0.4) is 0 Å². The second-order valence-corrected chi connectivity index (χ2v) is 9.87. The van der Waals surface area contributed by atoms with E-state index in [9.17, 15) is 38.6 Å². The molecule has 0 radical (unpaired) electrons. The highest BCUT2D eigenvalue weighted by Gasteiger charge is 2.56. The Bertz CT molecular complexity index is 971. The van der Waals surface area contributed by atoms with E-state index < -0.39 is 54.1 Å². The van der Waals surface area contributed by atoms with Crippen LogP contribution in [-0.2, 0) is 28.5 Å². The molecule has 14 heteroatoms. The summed E-state index contributed by atoms with van der Waals surface area (Å²) in [5.74, 6) is -5.16. The van der Waals surface area contributed by atoms with Gasteiger partial charge in [-0.25, -0.2) is 0 Å². The lowest BCUT2D eigenvalue weighted by Gasteiger charge is -2.50. The molecule has 3 heterocycles. The fourth-order valence-corrected chi connectivity index (χ4v) is 6.39. The van der Waals surface area contributed by atoms with Gasteiger partial charge in [-0.1, -0.05) is 0 Å². The monoisotopic (exact) mass is 476 g/mol. The highest BCUT2D eigenvalue weighted by atomic mass is 32.2. The topological polar surface area (TPSA) is 171 Å². The van der Waals surface area contributed by atoms with Crippen LogP contribution in [0.5, 0.6) is 0 Å². The van der Waals surface area contributed by atoms with E-state index in [1.54, 1.807) is 5.38 Å². The van der Waals surface area contributed by atoms with Crippen molar-refractivity contribution in [1.29, 1.82) is 0 Å². The molecule has 3 atom stereocenters. The molecule has 1 unspecified atom stereocenters. The molecular formula is C16H17N2O9PS2. The molecule has 0 aliphatic carbocycles. The SMILES string of the molecule is CC(=O)OCC1=C(P(=O)(O)O)N2C(=O)[C@@H](NC(=O)C(C(=O)O)c3ccsc3)[C@H]2SC1. The van der Waals surface area contributed by atoms with Crippen LogP contribution in [0.4, 0.5) is 0 Å². The van der Waals surface area contributed by atoms with Crippen molar-refractivity contribution >= 4 is 54.4 Å². The predicted molar refractivity (Wildman–Crippen MR) is 105 cm³/mol. The summed E-state index contributed by atoms with van der Waals surface area (Å²) < 4.78 is 16.8. The summed E-state index contributed by atoms with van der Waals surface area (Å²) in [7, 11) is -4.90. The number of aliphatic carboxylic acids is 1. The van der Waals surface area contributed by atoms with Crippen molar-refractivity contribution in [2.45, 2.75) is 24.3 Å². The maximum atomic E-state index is 12.6. The van der Waals surface area contributed by atoms with Crippen molar-refractivity contribution in [3.8, 4) is 0 Å². The Morgan fingerprint density at radius 1 is 1.40 bits per heavy atom. The van der Waals surface area contributed by atoms with E-state index in [0.717, 1.165) is 23.6 Å². The molecule has 1 fully saturated rings. The number of nitrogens with one attached hydrogen (secondary N) is 1. The number of β-lactam (4-membered cyclic amide) rings is 1. The summed E-state index contributed by atoms with van der Waals surface area (Å²) in [5, 5.41) is 14.1. The zero-order chi connectivity index (χ0) is 22.2. The molecule has 3 rings (SSSR count). The maximum Gasteiger partial charge on any atom is 0.372 e. The Hall–Kier alpha value is -2.18. The Morgan fingerprint density at radius 2 is 2.10 bits per heavy atom. The molecule has 2 aliphatic rings. The summed E-state index contributed by atoms with van der Waals surface area (Å²) in [5.41, 5.74) is -0.181. The van der Waals surface area contributed by atoms with E-state index in [-0.39, 0.29) is 23.5 Å². The summed E-state index contributed by atoms with van der Waals surface area (Å²) in [4.78, 5) is 68.0. The minimum Gasteiger partial charge on any atom is -0.480 e. The number of carboxylic acids is 1. The van der Waals surface area contributed by atoms with Crippen molar-refractivity contribution in [2.75, 3.05) is 12.4 Å². The number of thiophene rings is 1. The maximum absolute atomic E-state index is 12.6. The molecule has 0 saturated carbocycles. The number of carbonyl (C=O) groups excluding carboxylic acids is 3. The number of carbonyl (C=O) groups is 4. The molecule has 11 nitrogen and oxygen atoms in total. The molecule has 1 aromatic rings. The number of esters is 1. The predicted octanol–water partition coefficient (Wildman–Crippen LogP) is 0.269. The first-order chi connectivity index (χ1) is 14.0. The Kier molecular flexibility index (Phi) is 6.39. The number of carboxylic acid groups (broad SMARTS) is 1. The van der Waals surface area contributed by atoms with E-state index in [1.165, 1.54) is 22.8 Å². The highest BCUT2D eigenvalue weighted by molar-refractivity contribution is 8.00. The van der Waals surface area contributed by atoms with Gasteiger partial charge in [0.2, 0.25) is 5.91 Å². The van der Waals surface area contributed by atoms with Crippen LogP contribution in [0.1, 0.15) is 18.4 Å². The summed E-state index contributed by atoms with van der Waals surface area (Å²) >= 11 is 2.34. The molecule has 30 heavy (non-hydrogen) atoms. The lowest BCUT2D eigenvalue weighted by Crippen LogP contribution is -2.70. The smallest absolute Gasteiger partial charge is 0.372 e. The van der Waals surface area contributed by atoms with Crippen molar-refractivity contribution in [2.24, 2.45) is 0 Å². The van der Waals surface area contributed by atoms with Gasteiger partial charge < -0.3 is 24.9 Å². The molecule has 1 aromatic heterocycles. The normalized spacial score (nSPS) is 22.1. The van der Waals surface area contributed by atoms with E-state index in [0.29, 0.717) is 0 Å². The van der Waals surface area contributed by atoms with E-state index in [4.69, 9.17) is 4.74 Å². The van der Waals surface area contributed by atoms with Gasteiger partial charge in [-0.15, -0.1) is 11.8 Å². The standard InChI is InChI=1S/C16H17N2O9PS2/c1-7(19)27-4-9-6-30-15-11(13(21)18(15)14(9)28(24,25)26)17-12(20)10(16(22)23)8-2-3-29-5-8/h2-3,5,10-11,15H,4,6H2,1H3,(H,17,20)(H,22,23)(H2,24,25,26)/t10?,11-,15-/m1/s1. The molecule has 0 bridgehead atoms. The third kappa shape index (κ3) is 4.30. The van der Waals surface area contributed by atoms with Gasteiger partial charge in [-0.3, -0.25) is 28.6 Å². The van der Waals surface area contributed by atoms with Crippen molar-refractivity contribution in [1.82, 2.24) is 10.2 Å². The molecule has 2 aliphatic heterocycles. The van der Waals surface area contributed by atoms with Crippen LogP contribution >= 0.6 is 30.7 Å². The largest absolute Gasteiger partial charge is 0.480 e. The first-order valence-corrected chi connectivity index (χ1v) is 12.0. The summed E-state index contributed by atoms with van der Waals surface area (Å²) in [6.45, 7) is 0.763. The van der Waals surface area contributed by atoms with E-state index in [2.05, 4.69) is 5.32 Å². The van der Waals surface area contributed by atoms with Gasteiger partial charge in [0.15, 0.2) is 5.92 Å². The number of ether oxygens (including phenoxy) is 1. The lowest BCUT2D eigenvalue weighted by molar-refractivity contribution is -0.149. The molecule has 0 aromatic carbocycles. The minimum absolute atomic E-state index is 0.0570. The highest BCUT2D eigenvalue weighted by Crippen LogP contribution is 2.55. The number of thioether (sulfide) groups is 1. The zero-order valence-electron chi connectivity index (χ0n) is 15.4. The van der Waals surface area contributed by atoms with Gasteiger partial charge in [-0.05, 0) is 22.4 Å². The summed E-state index contributed by atoms with van der Waals surface area (Å²) in [6.07, 6.45) is 0. The van der Waals surface area contributed by atoms with Gasteiger partial charge in [0.25, 0.3) is 5.91 Å². The number of hydrogen-bond acceptors (Lipinski definition) is 8.